The van der Waals surface area contributed by atoms with Gasteiger partial charge in [0.2, 0.25) is 15.9 Å². The van der Waals surface area contributed by atoms with Crippen LogP contribution in [0.4, 0.5) is 5.69 Å². The van der Waals surface area contributed by atoms with Crippen molar-refractivity contribution in [2.45, 2.75) is 44.7 Å². The summed E-state index contributed by atoms with van der Waals surface area (Å²) in [4.78, 5) is 15.0. The van der Waals surface area contributed by atoms with Crippen molar-refractivity contribution in [1.82, 2.24) is 9.62 Å². The maximum absolute atomic E-state index is 12.6. The minimum absolute atomic E-state index is 0.193. The highest BCUT2D eigenvalue weighted by molar-refractivity contribution is 7.88. The molecule has 0 aliphatic carbocycles. The van der Waals surface area contributed by atoms with Gasteiger partial charge in [0.05, 0.1) is 6.26 Å². The molecule has 2 aliphatic heterocycles. The number of para-hydroxylation sites is 1. The van der Waals surface area contributed by atoms with Crippen LogP contribution in [0, 0.1) is 0 Å². The molecular weight excluding hydrogens is 338 g/mol. The van der Waals surface area contributed by atoms with Gasteiger partial charge in [0.1, 0.15) is 6.04 Å². The molecule has 1 atom stereocenters. The van der Waals surface area contributed by atoms with Gasteiger partial charge in [0.15, 0.2) is 0 Å². The molecule has 7 heteroatoms. The second-order valence-electron chi connectivity index (χ2n) is 6.93. The zero-order valence-electron chi connectivity index (χ0n) is 14.8. The molecule has 1 unspecified atom stereocenters. The van der Waals surface area contributed by atoms with Crippen molar-refractivity contribution < 1.29 is 13.2 Å². The summed E-state index contributed by atoms with van der Waals surface area (Å²) in [6, 6.07) is 7.54. The van der Waals surface area contributed by atoms with Crippen molar-refractivity contribution in [3.8, 4) is 0 Å². The number of carbonyl (C=O) groups excluding carboxylic acids is 1. The Bertz CT molecular complexity index is 714. The van der Waals surface area contributed by atoms with Gasteiger partial charge in [-0.2, -0.15) is 4.31 Å². The molecule has 2 aliphatic rings. The summed E-state index contributed by atoms with van der Waals surface area (Å²) in [5.74, 6) is -0.193. The van der Waals surface area contributed by atoms with E-state index in [1.165, 1.54) is 29.1 Å². The Labute approximate surface area is 150 Å². The van der Waals surface area contributed by atoms with Gasteiger partial charge in [0, 0.05) is 31.9 Å². The maximum atomic E-state index is 12.6. The topological polar surface area (TPSA) is 69.7 Å². The highest BCUT2D eigenvalue weighted by atomic mass is 32.2. The van der Waals surface area contributed by atoms with Crippen molar-refractivity contribution in [3.05, 3.63) is 29.8 Å². The minimum Gasteiger partial charge on any atom is -0.371 e. The number of anilines is 1. The Hall–Kier alpha value is -1.60. The number of amides is 1. The lowest BCUT2D eigenvalue weighted by molar-refractivity contribution is -0.125. The molecule has 2 fully saturated rings. The van der Waals surface area contributed by atoms with Crippen LogP contribution in [0.5, 0.6) is 0 Å². The number of benzene rings is 1. The van der Waals surface area contributed by atoms with E-state index in [0.717, 1.165) is 31.5 Å². The number of carbonyl (C=O) groups is 1. The van der Waals surface area contributed by atoms with Crippen LogP contribution in [0.25, 0.3) is 0 Å². The average molecular weight is 365 g/mol. The maximum Gasteiger partial charge on any atom is 0.238 e. The number of hydrogen-bond donors (Lipinski definition) is 1. The summed E-state index contributed by atoms with van der Waals surface area (Å²) < 4.78 is 25.2. The Kier molecular flexibility index (Phi) is 5.64. The van der Waals surface area contributed by atoms with Crippen molar-refractivity contribution in [2.75, 3.05) is 30.8 Å². The fourth-order valence-corrected chi connectivity index (χ4v) is 4.92. The molecule has 2 heterocycles. The lowest BCUT2D eigenvalue weighted by atomic mass is 10.0. The summed E-state index contributed by atoms with van der Waals surface area (Å²) in [7, 11) is -3.36. The van der Waals surface area contributed by atoms with Crippen LogP contribution >= 0.6 is 0 Å². The molecule has 25 heavy (non-hydrogen) atoms. The lowest BCUT2D eigenvalue weighted by Gasteiger charge is -2.32. The van der Waals surface area contributed by atoms with E-state index in [-0.39, 0.29) is 5.91 Å². The van der Waals surface area contributed by atoms with E-state index >= 15 is 0 Å². The molecule has 1 aromatic carbocycles. The molecule has 1 N–H and O–H groups in total. The number of piperidine rings is 1. The standard InChI is InChI=1S/C18H27N3O3S/c1-25(23,24)21-13-5-4-10-17(21)18(22)19-14-15-8-2-3-9-16(15)20-11-6-7-12-20/h2-3,8-9,17H,4-7,10-14H2,1H3,(H,19,22). The highest BCUT2D eigenvalue weighted by Gasteiger charge is 2.34. The van der Waals surface area contributed by atoms with Gasteiger partial charge in [0.25, 0.3) is 0 Å². The van der Waals surface area contributed by atoms with Crippen LogP contribution in [-0.4, -0.2) is 50.6 Å². The van der Waals surface area contributed by atoms with E-state index in [9.17, 15) is 13.2 Å². The Morgan fingerprint density at radius 3 is 2.52 bits per heavy atom. The van der Waals surface area contributed by atoms with Crippen molar-refractivity contribution >= 4 is 21.6 Å². The van der Waals surface area contributed by atoms with E-state index in [0.29, 0.717) is 19.5 Å². The van der Waals surface area contributed by atoms with Gasteiger partial charge in [-0.15, -0.1) is 0 Å². The van der Waals surface area contributed by atoms with Gasteiger partial charge in [-0.25, -0.2) is 8.42 Å². The Balaban J connectivity index is 1.68. The van der Waals surface area contributed by atoms with Crippen LogP contribution in [0.15, 0.2) is 24.3 Å². The lowest BCUT2D eigenvalue weighted by Crippen LogP contribution is -2.51. The van der Waals surface area contributed by atoms with E-state index in [1.54, 1.807) is 0 Å². The summed E-state index contributed by atoms with van der Waals surface area (Å²) in [6.07, 6.45) is 5.87. The first-order chi connectivity index (χ1) is 12.0. The van der Waals surface area contributed by atoms with E-state index < -0.39 is 16.1 Å². The first-order valence-corrected chi connectivity index (χ1v) is 10.9. The third kappa shape index (κ3) is 4.33. The summed E-state index contributed by atoms with van der Waals surface area (Å²) >= 11 is 0. The number of nitrogens with zero attached hydrogens (tertiary/aromatic N) is 2. The third-order valence-electron chi connectivity index (χ3n) is 5.07. The van der Waals surface area contributed by atoms with E-state index in [4.69, 9.17) is 0 Å². The number of sulfonamides is 1. The zero-order chi connectivity index (χ0) is 17.9. The molecule has 3 rings (SSSR count). The molecule has 0 saturated carbocycles. The molecule has 0 bridgehead atoms. The van der Waals surface area contributed by atoms with Crippen LogP contribution in [0.3, 0.4) is 0 Å². The zero-order valence-corrected chi connectivity index (χ0v) is 15.6. The normalized spacial score (nSPS) is 22.1. The number of nitrogens with one attached hydrogen (secondary N) is 1. The highest BCUT2D eigenvalue weighted by Crippen LogP contribution is 2.25. The predicted octanol–water partition coefficient (Wildman–Crippen LogP) is 1.72. The second kappa shape index (κ2) is 7.74. The Morgan fingerprint density at radius 2 is 1.80 bits per heavy atom. The largest absolute Gasteiger partial charge is 0.371 e. The monoisotopic (exact) mass is 365 g/mol. The second-order valence-corrected chi connectivity index (χ2v) is 8.86. The fourth-order valence-electron chi connectivity index (χ4n) is 3.79. The molecule has 1 amide bonds. The molecule has 138 valence electrons. The smallest absolute Gasteiger partial charge is 0.238 e. The number of rotatable bonds is 5. The van der Waals surface area contributed by atoms with Crippen molar-refractivity contribution in [2.24, 2.45) is 0 Å². The van der Waals surface area contributed by atoms with Gasteiger partial charge in [-0.1, -0.05) is 24.6 Å². The van der Waals surface area contributed by atoms with E-state index in [1.807, 2.05) is 18.2 Å². The first kappa shape index (κ1) is 18.2. The minimum atomic E-state index is -3.36. The predicted molar refractivity (Wildman–Crippen MR) is 98.9 cm³/mol. The van der Waals surface area contributed by atoms with Crippen molar-refractivity contribution in [1.29, 1.82) is 0 Å². The molecule has 1 aromatic rings. The van der Waals surface area contributed by atoms with Gasteiger partial charge >= 0.3 is 0 Å². The van der Waals surface area contributed by atoms with E-state index in [2.05, 4.69) is 16.3 Å². The number of hydrogen-bond acceptors (Lipinski definition) is 4. The van der Waals surface area contributed by atoms with Gasteiger partial charge in [-0.3, -0.25) is 4.79 Å². The first-order valence-electron chi connectivity index (χ1n) is 9.04. The quantitative estimate of drug-likeness (QED) is 0.863. The average Bonchev–Trinajstić information content (AvgIpc) is 3.13. The molecule has 0 spiro atoms. The van der Waals surface area contributed by atoms with Gasteiger partial charge in [-0.05, 0) is 37.3 Å². The summed E-state index contributed by atoms with van der Waals surface area (Å²) in [5, 5.41) is 2.96. The molecule has 2 saturated heterocycles. The van der Waals surface area contributed by atoms with Crippen LogP contribution in [-0.2, 0) is 21.4 Å². The summed E-state index contributed by atoms with van der Waals surface area (Å²) in [6.45, 7) is 2.96. The van der Waals surface area contributed by atoms with Crippen LogP contribution in [0.2, 0.25) is 0 Å². The van der Waals surface area contributed by atoms with Crippen LogP contribution < -0.4 is 10.2 Å². The van der Waals surface area contributed by atoms with Crippen LogP contribution in [0.1, 0.15) is 37.7 Å². The van der Waals surface area contributed by atoms with Crippen molar-refractivity contribution in [3.63, 3.8) is 0 Å². The summed E-state index contributed by atoms with van der Waals surface area (Å²) in [5.41, 5.74) is 2.25. The fraction of sp³-hybridized carbons (Fsp3) is 0.611. The van der Waals surface area contributed by atoms with Gasteiger partial charge < -0.3 is 10.2 Å². The Morgan fingerprint density at radius 1 is 1.12 bits per heavy atom. The molecular formula is C18H27N3O3S. The molecule has 0 aromatic heterocycles. The third-order valence-corrected chi connectivity index (χ3v) is 6.36. The SMILES string of the molecule is CS(=O)(=O)N1CCCCC1C(=O)NCc1ccccc1N1CCCC1. The molecule has 6 nitrogen and oxygen atoms in total. The molecule has 0 radical (unpaired) electrons.